The Kier molecular flexibility index (Phi) is 5.14. The van der Waals surface area contributed by atoms with E-state index in [9.17, 15) is 9.59 Å². The van der Waals surface area contributed by atoms with Gasteiger partial charge in [-0.1, -0.05) is 12.8 Å². The van der Waals surface area contributed by atoms with Crippen molar-refractivity contribution < 1.29 is 14.7 Å². The Hall–Kier alpha value is -3.07. The van der Waals surface area contributed by atoms with Gasteiger partial charge in [0, 0.05) is 38.1 Å². The highest BCUT2D eigenvalue weighted by Crippen LogP contribution is 2.35. The zero-order valence-electron chi connectivity index (χ0n) is 16.4. The number of anilines is 1. The van der Waals surface area contributed by atoms with Crippen molar-refractivity contribution >= 4 is 29.9 Å². The Labute approximate surface area is 168 Å². The zero-order valence-corrected chi connectivity index (χ0v) is 16.4. The summed E-state index contributed by atoms with van der Waals surface area (Å²) in [5.41, 5.74) is 1.04. The molecule has 1 saturated carbocycles. The van der Waals surface area contributed by atoms with Gasteiger partial charge in [-0.25, -0.2) is 19.8 Å². The Morgan fingerprint density at radius 2 is 2.00 bits per heavy atom. The first-order valence-corrected chi connectivity index (χ1v) is 9.72. The second kappa shape index (κ2) is 7.75. The number of likely N-dealkylation sites (N-methyl/N-ethyl adjacent to an activating group) is 1. The van der Waals surface area contributed by atoms with Gasteiger partial charge in [0.05, 0.1) is 5.56 Å². The number of hydrogen-bond donors (Lipinski definition) is 2. The van der Waals surface area contributed by atoms with Crippen LogP contribution < -0.4 is 5.32 Å². The number of rotatable bonds is 4. The number of nitrogens with zero attached hydrogens (tertiary/aromatic N) is 5. The quantitative estimate of drug-likeness (QED) is 0.800. The van der Waals surface area contributed by atoms with E-state index < -0.39 is 5.97 Å². The Morgan fingerprint density at radius 1 is 1.24 bits per heavy atom. The molecule has 29 heavy (non-hydrogen) atoms. The molecule has 0 spiro atoms. The van der Waals surface area contributed by atoms with Gasteiger partial charge in [-0.05, 0) is 31.1 Å². The minimum absolute atomic E-state index is 0.0443. The van der Waals surface area contributed by atoms with E-state index >= 15 is 0 Å². The first-order valence-electron chi connectivity index (χ1n) is 9.72. The predicted octanol–water partition coefficient (Wildman–Crippen LogP) is 1.60. The van der Waals surface area contributed by atoms with Crippen LogP contribution in [0.25, 0.3) is 0 Å². The number of hydrogen-bond acceptors (Lipinski definition) is 7. The summed E-state index contributed by atoms with van der Waals surface area (Å²) in [6, 6.07) is 3.03. The highest BCUT2D eigenvalue weighted by atomic mass is 16.4. The molecule has 0 radical (unpaired) electrons. The smallest absolute Gasteiger partial charge is 0.337 e. The number of carboxylic acid groups (broad SMARTS) is 1. The number of aromatic nitrogens is 1. The summed E-state index contributed by atoms with van der Waals surface area (Å²) in [5, 5.41) is 12.0. The fraction of sp³-hybridized carbons (Fsp3) is 0.450. The lowest BCUT2D eigenvalue weighted by Gasteiger charge is -2.35. The molecule has 0 aromatic carbocycles. The molecule has 0 saturated heterocycles. The van der Waals surface area contributed by atoms with Crippen LogP contribution in [0, 0.1) is 0 Å². The maximum atomic E-state index is 12.8. The molecule has 4 rings (SSSR count). The molecule has 1 aromatic heterocycles. The number of carbonyl (C=O) groups excluding carboxylic acids is 1. The Morgan fingerprint density at radius 3 is 2.62 bits per heavy atom. The van der Waals surface area contributed by atoms with Crippen molar-refractivity contribution in [3.05, 3.63) is 35.5 Å². The van der Waals surface area contributed by atoms with E-state index in [1.807, 2.05) is 6.08 Å². The summed E-state index contributed by atoms with van der Waals surface area (Å²) in [5.74, 6) is -0.127. The summed E-state index contributed by atoms with van der Waals surface area (Å²) in [6.07, 6.45) is 9.18. The summed E-state index contributed by atoms with van der Waals surface area (Å²) in [6.45, 7) is 0. The molecule has 2 N–H and O–H groups in total. The second-order valence-corrected chi connectivity index (χ2v) is 7.68. The van der Waals surface area contributed by atoms with Gasteiger partial charge in [0.2, 0.25) is 11.9 Å². The molecule has 1 aliphatic carbocycles. The molecule has 9 nitrogen and oxygen atoms in total. The van der Waals surface area contributed by atoms with E-state index in [1.165, 1.54) is 12.3 Å². The van der Waals surface area contributed by atoms with Crippen LogP contribution in [0.3, 0.4) is 0 Å². The van der Waals surface area contributed by atoms with Gasteiger partial charge in [0.1, 0.15) is 18.0 Å². The highest BCUT2D eigenvalue weighted by Gasteiger charge is 2.44. The second-order valence-electron chi connectivity index (χ2n) is 7.68. The number of pyridine rings is 1. The van der Waals surface area contributed by atoms with Crippen LogP contribution in [0.2, 0.25) is 0 Å². The Bertz CT molecular complexity index is 899. The van der Waals surface area contributed by atoms with Crippen LogP contribution in [-0.4, -0.2) is 76.3 Å². The van der Waals surface area contributed by atoms with Gasteiger partial charge < -0.3 is 15.3 Å². The van der Waals surface area contributed by atoms with Crippen molar-refractivity contribution in [2.75, 3.05) is 19.4 Å². The van der Waals surface area contributed by atoms with Crippen LogP contribution in [0.5, 0.6) is 0 Å². The fourth-order valence-electron chi connectivity index (χ4n) is 4.08. The molecule has 9 heteroatoms. The molecule has 1 aromatic rings. The van der Waals surface area contributed by atoms with Crippen LogP contribution in [0.4, 0.5) is 5.82 Å². The minimum atomic E-state index is -1.03. The number of amides is 1. The number of carboxylic acids is 1. The molecule has 3 aliphatic rings. The van der Waals surface area contributed by atoms with E-state index in [0.29, 0.717) is 17.8 Å². The van der Waals surface area contributed by atoms with E-state index in [1.54, 1.807) is 31.3 Å². The Balaban J connectivity index is 1.57. The van der Waals surface area contributed by atoms with E-state index in [2.05, 4.69) is 20.2 Å². The first-order chi connectivity index (χ1) is 13.9. The summed E-state index contributed by atoms with van der Waals surface area (Å²) in [4.78, 5) is 40.8. The third kappa shape index (κ3) is 3.77. The van der Waals surface area contributed by atoms with Crippen molar-refractivity contribution in [1.29, 1.82) is 0 Å². The van der Waals surface area contributed by atoms with Crippen LogP contribution in [0.15, 0.2) is 40.0 Å². The van der Waals surface area contributed by atoms with E-state index in [4.69, 9.17) is 10.1 Å². The average Bonchev–Trinajstić information content (AvgIpc) is 3.34. The lowest BCUT2D eigenvalue weighted by molar-refractivity contribution is -0.133. The summed E-state index contributed by atoms with van der Waals surface area (Å²) < 4.78 is 0. The number of aliphatic imine (C=N–C) groups is 2. The number of aromatic carboxylic acids is 1. The van der Waals surface area contributed by atoms with E-state index in [0.717, 1.165) is 31.3 Å². The molecular formula is C20H24N6O3. The maximum absolute atomic E-state index is 12.8. The SMILES string of the molecule is CN(C)C(=O)C1C=C2C=NC(Nc3ccc(C(=O)O)cn3)=NC2N1C1CCCC1. The maximum Gasteiger partial charge on any atom is 0.337 e. The van der Waals surface area contributed by atoms with Crippen LogP contribution in [-0.2, 0) is 4.79 Å². The van der Waals surface area contributed by atoms with Crippen molar-refractivity contribution in [3.8, 4) is 0 Å². The molecule has 152 valence electrons. The normalized spacial score (nSPS) is 24.1. The zero-order chi connectivity index (χ0) is 20.5. The molecule has 3 heterocycles. The molecule has 2 atom stereocenters. The summed E-state index contributed by atoms with van der Waals surface area (Å²) >= 11 is 0. The van der Waals surface area contributed by atoms with Gasteiger partial charge >= 0.3 is 5.97 Å². The standard InChI is InChI=1S/C20H24N6O3/c1-25(2)18(27)15-9-13-11-22-20(23-16-8-7-12(10-21-16)19(28)29)24-17(13)26(15)14-5-3-4-6-14/h7-11,14-15,17H,3-6H2,1-2H3,(H,28,29)(H,21,23,24). The number of nitrogens with one attached hydrogen (secondary N) is 1. The molecule has 1 amide bonds. The topological polar surface area (TPSA) is 110 Å². The molecule has 0 bridgehead atoms. The third-order valence-corrected chi connectivity index (χ3v) is 5.52. The molecule has 2 unspecified atom stereocenters. The largest absolute Gasteiger partial charge is 0.478 e. The molecular weight excluding hydrogens is 372 g/mol. The van der Waals surface area contributed by atoms with Crippen molar-refractivity contribution in [3.63, 3.8) is 0 Å². The first kappa shape index (κ1) is 19.3. The molecule has 2 aliphatic heterocycles. The number of carbonyl (C=O) groups is 2. The van der Waals surface area contributed by atoms with Crippen LogP contribution in [0.1, 0.15) is 36.0 Å². The van der Waals surface area contributed by atoms with Crippen molar-refractivity contribution in [1.82, 2.24) is 14.8 Å². The van der Waals surface area contributed by atoms with Gasteiger partial charge in [0.15, 0.2) is 0 Å². The molecule has 1 fully saturated rings. The van der Waals surface area contributed by atoms with E-state index in [-0.39, 0.29) is 23.7 Å². The van der Waals surface area contributed by atoms with Gasteiger partial charge in [-0.15, -0.1) is 0 Å². The number of guanidine groups is 1. The van der Waals surface area contributed by atoms with Gasteiger partial charge in [0.25, 0.3) is 0 Å². The minimum Gasteiger partial charge on any atom is -0.478 e. The van der Waals surface area contributed by atoms with Crippen molar-refractivity contribution in [2.45, 2.75) is 43.9 Å². The lowest BCUT2D eigenvalue weighted by atomic mass is 10.1. The van der Waals surface area contributed by atoms with Crippen molar-refractivity contribution in [2.24, 2.45) is 9.98 Å². The monoisotopic (exact) mass is 396 g/mol. The lowest BCUT2D eigenvalue weighted by Crippen LogP contribution is -2.50. The third-order valence-electron chi connectivity index (χ3n) is 5.52. The van der Waals surface area contributed by atoms with Gasteiger partial charge in [-0.3, -0.25) is 9.69 Å². The predicted molar refractivity (Wildman–Crippen MR) is 109 cm³/mol. The van der Waals surface area contributed by atoms with Crippen LogP contribution >= 0.6 is 0 Å². The average molecular weight is 396 g/mol. The highest BCUT2D eigenvalue weighted by molar-refractivity contribution is 6.04. The van der Waals surface area contributed by atoms with Gasteiger partial charge in [-0.2, -0.15) is 0 Å². The summed E-state index contributed by atoms with van der Waals surface area (Å²) in [7, 11) is 3.54. The fourth-order valence-corrected chi connectivity index (χ4v) is 4.08. The number of fused-ring (bicyclic) bond motifs is 1.